The van der Waals surface area contributed by atoms with Crippen LogP contribution in [0.1, 0.15) is 34.5 Å². The van der Waals surface area contributed by atoms with E-state index in [1.807, 2.05) is 30.3 Å². The summed E-state index contributed by atoms with van der Waals surface area (Å²) in [6.07, 6.45) is 1.30. The molecular formula is C21H25N3O4. The lowest BCUT2D eigenvalue weighted by atomic mass is 9.97. The Balaban J connectivity index is 1.40. The van der Waals surface area contributed by atoms with Gasteiger partial charge in [-0.2, -0.15) is 0 Å². The highest BCUT2D eigenvalue weighted by atomic mass is 16.6. The SMILES string of the molecule is Cc1cc(C(=O)NCC2CCN(C(=O)OCc3ccccc3)CC2)cc(=O)[nH]1. The average molecular weight is 383 g/mol. The molecular weight excluding hydrogens is 358 g/mol. The van der Waals surface area contributed by atoms with Crippen molar-refractivity contribution in [1.29, 1.82) is 0 Å². The smallest absolute Gasteiger partial charge is 0.410 e. The number of aromatic amines is 1. The Bertz CT molecular complexity index is 871. The number of amides is 2. The van der Waals surface area contributed by atoms with Crippen LogP contribution in [-0.2, 0) is 11.3 Å². The third-order valence-electron chi connectivity index (χ3n) is 4.87. The van der Waals surface area contributed by atoms with Gasteiger partial charge < -0.3 is 19.9 Å². The van der Waals surface area contributed by atoms with Gasteiger partial charge in [-0.15, -0.1) is 0 Å². The summed E-state index contributed by atoms with van der Waals surface area (Å²) in [7, 11) is 0. The van der Waals surface area contributed by atoms with E-state index in [1.165, 1.54) is 6.07 Å². The highest BCUT2D eigenvalue weighted by molar-refractivity contribution is 5.94. The minimum absolute atomic E-state index is 0.251. The molecule has 2 heterocycles. The van der Waals surface area contributed by atoms with Crippen molar-refractivity contribution in [3.8, 4) is 0 Å². The van der Waals surface area contributed by atoms with Gasteiger partial charge in [0, 0.05) is 37.0 Å². The molecule has 0 spiro atoms. The number of piperidine rings is 1. The highest BCUT2D eigenvalue weighted by Gasteiger charge is 2.24. The zero-order chi connectivity index (χ0) is 19.9. The summed E-state index contributed by atoms with van der Waals surface area (Å²) in [6.45, 7) is 3.75. The maximum absolute atomic E-state index is 12.2. The molecule has 0 aliphatic carbocycles. The second-order valence-electron chi connectivity index (χ2n) is 7.10. The van der Waals surface area contributed by atoms with Gasteiger partial charge in [-0.05, 0) is 37.3 Å². The molecule has 1 aliphatic rings. The summed E-state index contributed by atoms with van der Waals surface area (Å²) in [5.74, 6) is 0.0455. The quantitative estimate of drug-likeness (QED) is 0.830. The first-order chi connectivity index (χ1) is 13.5. The van der Waals surface area contributed by atoms with Crippen molar-refractivity contribution in [3.63, 3.8) is 0 Å². The molecule has 2 aromatic rings. The minimum atomic E-state index is -0.301. The normalized spacial score (nSPS) is 14.5. The van der Waals surface area contributed by atoms with Crippen molar-refractivity contribution in [2.24, 2.45) is 5.92 Å². The van der Waals surface area contributed by atoms with E-state index in [0.29, 0.717) is 36.8 Å². The summed E-state index contributed by atoms with van der Waals surface area (Å²) in [5, 5.41) is 2.89. The number of aryl methyl sites for hydroxylation is 1. The van der Waals surface area contributed by atoms with E-state index in [1.54, 1.807) is 17.9 Å². The molecule has 148 valence electrons. The van der Waals surface area contributed by atoms with Gasteiger partial charge in [-0.1, -0.05) is 30.3 Å². The lowest BCUT2D eigenvalue weighted by molar-refractivity contribution is 0.0800. The van der Waals surface area contributed by atoms with Crippen LogP contribution in [0.4, 0.5) is 4.79 Å². The Morgan fingerprint density at radius 1 is 1.18 bits per heavy atom. The second kappa shape index (κ2) is 9.21. The molecule has 7 heteroatoms. The number of carbonyl (C=O) groups is 2. The van der Waals surface area contributed by atoms with E-state index in [-0.39, 0.29) is 24.2 Å². The van der Waals surface area contributed by atoms with Crippen molar-refractivity contribution in [3.05, 3.63) is 69.6 Å². The standard InChI is InChI=1S/C21H25N3O4/c1-15-11-18(12-19(25)23-15)20(26)22-13-16-7-9-24(10-8-16)21(27)28-14-17-5-3-2-4-6-17/h2-6,11-12,16H,7-10,13-14H2,1H3,(H,22,26)(H,23,25). The number of nitrogens with zero attached hydrogens (tertiary/aromatic N) is 1. The van der Waals surface area contributed by atoms with E-state index >= 15 is 0 Å². The van der Waals surface area contributed by atoms with Crippen LogP contribution in [0.3, 0.4) is 0 Å². The monoisotopic (exact) mass is 383 g/mol. The number of ether oxygens (including phenoxy) is 1. The molecule has 0 atom stereocenters. The van der Waals surface area contributed by atoms with Crippen molar-refractivity contribution in [2.45, 2.75) is 26.4 Å². The van der Waals surface area contributed by atoms with E-state index in [9.17, 15) is 14.4 Å². The molecule has 0 unspecified atom stereocenters. The molecule has 0 saturated carbocycles. The van der Waals surface area contributed by atoms with Crippen molar-refractivity contribution in [1.82, 2.24) is 15.2 Å². The van der Waals surface area contributed by atoms with E-state index in [4.69, 9.17) is 4.74 Å². The number of nitrogens with one attached hydrogen (secondary N) is 2. The molecule has 1 aliphatic heterocycles. The maximum atomic E-state index is 12.2. The van der Waals surface area contributed by atoms with Gasteiger partial charge in [0.15, 0.2) is 0 Å². The van der Waals surface area contributed by atoms with Crippen molar-refractivity contribution < 1.29 is 14.3 Å². The maximum Gasteiger partial charge on any atom is 0.410 e. The molecule has 28 heavy (non-hydrogen) atoms. The fraction of sp³-hybridized carbons (Fsp3) is 0.381. The molecule has 1 aromatic heterocycles. The van der Waals surface area contributed by atoms with Gasteiger partial charge in [-0.25, -0.2) is 4.79 Å². The molecule has 2 N–H and O–H groups in total. The number of carbonyl (C=O) groups excluding carboxylic acids is 2. The fourth-order valence-electron chi connectivity index (χ4n) is 3.28. The van der Waals surface area contributed by atoms with E-state index < -0.39 is 0 Å². The average Bonchev–Trinajstić information content (AvgIpc) is 2.70. The molecule has 0 radical (unpaired) electrons. The third kappa shape index (κ3) is 5.45. The Morgan fingerprint density at radius 2 is 1.89 bits per heavy atom. The topological polar surface area (TPSA) is 91.5 Å². The first-order valence-electron chi connectivity index (χ1n) is 9.46. The van der Waals surface area contributed by atoms with Crippen molar-refractivity contribution in [2.75, 3.05) is 19.6 Å². The first-order valence-corrected chi connectivity index (χ1v) is 9.46. The fourth-order valence-corrected chi connectivity index (χ4v) is 3.28. The Hall–Kier alpha value is -3.09. The molecule has 1 fully saturated rings. The number of hydrogen-bond donors (Lipinski definition) is 2. The summed E-state index contributed by atoms with van der Waals surface area (Å²) >= 11 is 0. The van der Waals surface area contributed by atoms with Crippen molar-refractivity contribution >= 4 is 12.0 Å². The molecule has 1 saturated heterocycles. The number of H-pyrrole nitrogens is 1. The Morgan fingerprint density at radius 3 is 2.57 bits per heavy atom. The molecule has 7 nitrogen and oxygen atoms in total. The lowest BCUT2D eigenvalue weighted by Gasteiger charge is -2.31. The van der Waals surface area contributed by atoms with Crippen LogP contribution in [0, 0.1) is 12.8 Å². The van der Waals surface area contributed by atoms with E-state index in [0.717, 1.165) is 18.4 Å². The number of aromatic nitrogens is 1. The zero-order valence-electron chi connectivity index (χ0n) is 15.9. The van der Waals surface area contributed by atoms with Crippen LogP contribution >= 0.6 is 0 Å². The van der Waals surface area contributed by atoms with Crippen LogP contribution < -0.4 is 10.9 Å². The van der Waals surface area contributed by atoms with Crippen LogP contribution in [0.5, 0.6) is 0 Å². The number of rotatable bonds is 5. The predicted octanol–water partition coefficient (Wildman–Crippen LogP) is 2.46. The Kier molecular flexibility index (Phi) is 6.47. The van der Waals surface area contributed by atoms with Gasteiger partial charge in [0.05, 0.1) is 0 Å². The predicted molar refractivity (Wildman–Crippen MR) is 105 cm³/mol. The van der Waals surface area contributed by atoms with Crippen LogP contribution in [-0.4, -0.2) is 41.5 Å². The lowest BCUT2D eigenvalue weighted by Crippen LogP contribution is -2.41. The van der Waals surface area contributed by atoms with Gasteiger partial charge >= 0.3 is 6.09 Å². The molecule has 3 rings (SSSR count). The first kappa shape index (κ1) is 19.7. The van der Waals surface area contributed by atoms with Gasteiger partial charge in [0.1, 0.15) is 6.61 Å². The van der Waals surface area contributed by atoms with Crippen LogP contribution in [0.2, 0.25) is 0 Å². The number of likely N-dealkylation sites (tertiary alicyclic amines) is 1. The second-order valence-corrected chi connectivity index (χ2v) is 7.10. The number of benzene rings is 1. The summed E-state index contributed by atoms with van der Waals surface area (Å²) < 4.78 is 5.37. The summed E-state index contributed by atoms with van der Waals surface area (Å²) in [5.41, 5.74) is 1.69. The van der Waals surface area contributed by atoms with Crippen LogP contribution in [0.25, 0.3) is 0 Å². The number of pyridine rings is 1. The van der Waals surface area contributed by atoms with Gasteiger partial charge in [-0.3, -0.25) is 9.59 Å². The molecule has 1 aromatic carbocycles. The minimum Gasteiger partial charge on any atom is -0.445 e. The summed E-state index contributed by atoms with van der Waals surface area (Å²) in [6, 6.07) is 12.5. The van der Waals surface area contributed by atoms with Gasteiger partial charge in [0.2, 0.25) is 5.56 Å². The highest BCUT2D eigenvalue weighted by Crippen LogP contribution is 2.17. The van der Waals surface area contributed by atoms with E-state index in [2.05, 4.69) is 10.3 Å². The third-order valence-corrected chi connectivity index (χ3v) is 4.87. The largest absolute Gasteiger partial charge is 0.445 e. The number of hydrogen-bond acceptors (Lipinski definition) is 4. The summed E-state index contributed by atoms with van der Waals surface area (Å²) in [4.78, 5) is 40.2. The molecule has 0 bridgehead atoms. The zero-order valence-corrected chi connectivity index (χ0v) is 15.9. The molecule has 2 amide bonds. The van der Waals surface area contributed by atoms with Gasteiger partial charge in [0.25, 0.3) is 5.91 Å². The van der Waals surface area contributed by atoms with Crippen LogP contribution in [0.15, 0.2) is 47.3 Å². The Labute approximate surface area is 163 Å².